The number of carbonyl (C=O) groups is 1. The van der Waals surface area contributed by atoms with Gasteiger partial charge in [-0.25, -0.2) is 0 Å². The van der Waals surface area contributed by atoms with Crippen molar-refractivity contribution in [2.45, 2.75) is 38.0 Å². The van der Waals surface area contributed by atoms with Crippen LogP contribution in [0.3, 0.4) is 0 Å². The number of aryl methyl sites for hydroxylation is 1. The summed E-state index contributed by atoms with van der Waals surface area (Å²) in [5.41, 5.74) is 3.13. The molecule has 0 aromatic heterocycles. The molecular formula is C19H21Cl2NOS. The van der Waals surface area contributed by atoms with Crippen molar-refractivity contribution in [2.24, 2.45) is 0 Å². The number of anilines is 1. The zero-order valence-corrected chi connectivity index (χ0v) is 16.6. The van der Waals surface area contributed by atoms with Gasteiger partial charge in [-0.3, -0.25) is 4.79 Å². The molecule has 0 aliphatic heterocycles. The molecule has 2 nitrogen and oxygen atoms in total. The zero-order chi connectivity index (χ0) is 17.9. The van der Waals surface area contributed by atoms with Crippen molar-refractivity contribution in [1.29, 1.82) is 0 Å². The first-order valence-corrected chi connectivity index (χ1v) is 9.39. The molecule has 0 aliphatic rings. The fraction of sp³-hybridized carbons (Fsp3) is 0.316. The van der Waals surface area contributed by atoms with Crippen molar-refractivity contribution in [1.82, 2.24) is 0 Å². The standard InChI is InChI=1S/C19H21Cl2NOS/c1-12-5-6-13(19(2,3)4)7-17(12)24-11-18(23)22-16-9-14(20)8-15(21)10-16/h5-10H,11H2,1-4H3,(H,22,23). The van der Waals surface area contributed by atoms with Gasteiger partial charge in [0.15, 0.2) is 0 Å². The van der Waals surface area contributed by atoms with E-state index in [9.17, 15) is 4.79 Å². The number of benzene rings is 2. The van der Waals surface area contributed by atoms with E-state index < -0.39 is 0 Å². The Labute approximate surface area is 157 Å². The van der Waals surface area contributed by atoms with Gasteiger partial charge in [-0.1, -0.05) is 56.1 Å². The average Bonchev–Trinajstić information content (AvgIpc) is 2.44. The van der Waals surface area contributed by atoms with E-state index in [1.54, 1.807) is 18.2 Å². The highest BCUT2D eigenvalue weighted by atomic mass is 35.5. The average molecular weight is 382 g/mol. The van der Waals surface area contributed by atoms with Crippen molar-refractivity contribution in [3.63, 3.8) is 0 Å². The third-order valence-corrected chi connectivity index (χ3v) is 5.15. The van der Waals surface area contributed by atoms with E-state index in [0.29, 0.717) is 21.5 Å². The molecule has 0 fully saturated rings. The van der Waals surface area contributed by atoms with Crippen molar-refractivity contribution in [2.75, 3.05) is 11.1 Å². The molecule has 1 amide bonds. The van der Waals surface area contributed by atoms with E-state index >= 15 is 0 Å². The van der Waals surface area contributed by atoms with Crippen LogP contribution in [0, 0.1) is 6.92 Å². The summed E-state index contributed by atoms with van der Waals surface area (Å²) in [5.74, 6) is 0.248. The van der Waals surface area contributed by atoms with Crippen molar-refractivity contribution < 1.29 is 4.79 Å². The van der Waals surface area contributed by atoms with Gasteiger partial charge in [0.2, 0.25) is 5.91 Å². The SMILES string of the molecule is Cc1ccc(C(C)(C)C)cc1SCC(=O)Nc1cc(Cl)cc(Cl)c1. The summed E-state index contributed by atoms with van der Waals surface area (Å²) in [7, 11) is 0. The second-order valence-corrected chi connectivity index (χ2v) is 8.62. The van der Waals surface area contributed by atoms with Crippen LogP contribution in [0.2, 0.25) is 10.0 Å². The fourth-order valence-corrected chi connectivity index (χ4v) is 3.58. The number of thioether (sulfide) groups is 1. The van der Waals surface area contributed by atoms with Crippen LogP contribution in [0.1, 0.15) is 31.9 Å². The Bertz CT molecular complexity index is 733. The van der Waals surface area contributed by atoms with E-state index in [1.165, 1.54) is 22.9 Å². The largest absolute Gasteiger partial charge is 0.325 e. The van der Waals surface area contributed by atoms with Crippen LogP contribution in [-0.2, 0) is 10.2 Å². The number of amides is 1. The molecule has 0 radical (unpaired) electrons. The molecule has 1 N–H and O–H groups in total. The molecule has 0 atom stereocenters. The molecule has 0 saturated carbocycles. The molecule has 2 aromatic carbocycles. The lowest BCUT2D eigenvalue weighted by atomic mass is 9.87. The van der Waals surface area contributed by atoms with E-state index in [4.69, 9.17) is 23.2 Å². The normalized spacial score (nSPS) is 11.4. The highest BCUT2D eigenvalue weighted by molar-refractivity contribution is 8.00. The quantitative estimate of drug-likeness (QED) is 0.626. The Morgan fingerprint density at radius 1 is 1.08 bits per heavy atom. The highest BCUT2D eigenvalue weighted by Crippen LogP contribution is 2.30. The number of rotatable bonds is 4. The summed E-state index contributed by atoms with van der Waals surface area (Å²) in [6.07, 6.45) is 0. The smallest absolute Gasteiger partial charge is 0.234 e. The van der Waals surface area contributed by atoms with E-state index in [2.05, 4.69) is 51.2 Å². The van der Waals surface area contributed by atoms with E-state index in [0.717, 1.165) is 4.90 Å². The van der Waals surface area contributed by atoms with Gasteiger partial charge in [0.25, 0.3) is 0 Å². The molecule has 0 saturated heterocycles. The number of halogens is 2. The van der Waals surface area contributed by atoms with Crippen molar-refractivity contribution in [3.05, 3.63) is 57.6 Å². The molecular weight excluding hydrogens is 361 g/mol. The molecule has 0 aliphatic carbocycles. The summed E-state index contributed by atoms with van der Waals surface area (Å²) in [4.78, 5) is 13.3. The minimum atomic E-state index is -0.0844. The third kappa shape index (κ3) is 5.44. The van der Waals surface area contributed by atoms with Crippen LogP contribution in [0.4, 0.5) is 5.69 Å². The maximum Gasteiger partial charge on any atom is 0.234 e. The van der Waals surface area contributed by atoms with Gasteiger partial charge in [-0.15, -0.1) is 11.8 Å². The first-order valence-electron chi connectivity index (χ1n) is 7.65. The molecule has 5 heteroatoms. The summed E-state index contributed by atoms with van der Waals surface area (Å²) < 4.78 is 0. The second kappa shape index (κ2) is 7.81. The summed E-state index contributed by atoms with van der Waals surface area (Å²) in [6, 6.07) is 11.4. The number of nitrogens with one attached hydrogen (secondary N) is 1. The predicted molar refractivity (Wildman–Crippen MR) is 106 cm³/mol. The van der Waals surface area contributed by atoms with Gasteiger partial charge >= 0.3 is 0 Å². The lowest BCUT2D eigenvalue weighted by Crippen LogP contribution is -2.14. The zero-order valence-electron chi connectivity index (χ0n) is 14.2. The Morgan fingerprint density at radius 2 is 1.71 bits per heavy atom. The Kier molecular flexibility index (Phi) is 6.24. The van der Waals surface area contributed by atoms with Crippen molar-refractivity contribution >= 4 is 46.6 Å². The minimum Gasteiger partial charge on any atom is -0.325 e. The molecule has 128 valence electrons. The maximum atomic E-state index is 12.2. The number of hydrogen-bond donors (Lipinski definition) is 1. The van der Waals surface area contributed by atoms with Gasteiger partial charge in [-0.2, -0.15) is 0 Å². The lowest BCUT2D eigenvalue weighted by molar-refractivity contribution is -0.113. The third-order valence-electron chi connectivity index (χ3n) is 3.56. The molecule has 24 heavy (non-hydrogen) atoms. The maximum absolute atomic E-state index is 12.2. The topological polar surface area (TPSA) is 29.1 Å². The highest BCUT2D eigenvalue weighted by Gasteiger charge is 2.15. The molecule has 0 unspecified atom stereocenters. The molecule has 2 aromatic rings. The van der Waals surface area contributed by atoms with Gasteiger partial charge in [-0.05, 0) is 47.7 Å². The summed E-state index contributed by atoms with van der Waals surface area (Å²) >= 11 is 13.4. The molecule has 0 spiro atoms. The van der Waals surface area contributed by atoms with E-state index in [1.807, 2.05) is 0 Å². The minimum absolute atomic E-state index is 0.0844. The van der Waals surface area contributed by atoms with Crippen LogP contribution < -0.4 is 5.32 Å². The number of hydrogen-bond acceptors (Lipinski definition) is 2. The van der Waals surface area contributed by atoms with Crippen LogP contribution in [-0.4, -0.2) is 11.7 Å². The van der Waals surface area contributed by atoms with Gasteiger partial charge in [0.1, 0.15) is 0 Å². The Balaban J connectivity index is 2.03. The Morgan fingerprint density at radius 3 is 2.29 bits per heavy atom. The monoisotopic (exact) mass is 381 g/mol. The van der Waals surface area contributed by atoms with Gasteiger partial charge < -0.3 is 5.32 Å². The van der Waals surface area contributed by atoms with Gasteiger partial charge in [0, 0.05) is 20.6 Å². The van der Waals surface area contributed by atoms with Gasteiger partial charge in [0.05, 0.1) is 5.75 Å². The predicted octanol–water partition coefficient (Wildman–Crippen LogP) is 6.33. The molecule has 0 heterocycles. The molecule has 0 bridgehead atoms. The number of carbonyl (C=O) groups excluding carboxylic acids is 1. The van der Waals surface area contributed by atoms with Crippen LogP contribution in [0.25, 0.3) is 0 Å². The molecule has 2 rings (SSSR count). The summed E-state index contributed by atoms with van der Waals surface area (Å²) in [6.45, 7) is 8.61. The summed E-state index contributed by atoms with van der Waals surface area (Å²) in [5, 5.41) is 3.83. The van der Waals surface area contributed by atoms with Crippen LogP contribution >= 0.6 is 35.0 Å². The first-order chi connectivity index (χ1) is 11.1. The van der Waals surface area contributed by atoms with Crippen LogP contribution in [0.5, 0.6) is 0 Å². The van der Waals surface area contributed by atoms with Crippen LogP contribution in [0.15, 0.2) is 41.3 Å². The Hall–Kier alpha value is -1.16. The first kappa shape index (κ1) is 19.2. The second-order valence-electron chi connectivity index (χ2n) is 6.73. The fourth-order valence-electron chi connectivity index (χ4n) is 2.19. The van der Waals surface area contributed by atoms with Crippen molar-refractivity contribution in [3.8, 4) is 0 Å². The van der Waals surface area contributed by atoms with E-state index in [-0.39, 0.29) is 11.3 Å². The lowest BCUT2D eigenvalue weighted by Gasteiger charge is -2.20.